The Bertz CT molecular complexity index is 615. The van der Waals surface area contributed by atoms with Crippen molar-refractivity contribution in [3.63, 3.8) is 0 Å². The Hall–Kier alpha value is -1.41. The number of hydrogen-bond acceptors (Lipinski definition) is 6. The van der Waals surface area contributed by atoms with E-state index in [9.17, 15) is 4.79 Å². The van der Waals surface area contributed by atoms with Gasteiger partial charge >= 0.3 is 0 Å². The van der Waals surface area contributed by atoms with Crippen molar-refractivity contribution in [3.05, 3.63) is 32.8 Å². The molecule has 8 heteroatoms. The van der Waals surface area contributed by atoms with E-state index in [0.717, 1.165) is 0 Å². The minimum Gasteiger partial charge on any atom is -0.368 e. The summed E-state index contributed by atoms with van der Waals surface area (Å²) < 4.78 is 0.695. The SMILES string of the molecule is Cc1cc(=O)[nH]c(Sc2nc(N)ncc2Br)n1. The predicted octanol–water partition coefficient (Wildman–Crippen LogP) is 1.36. The molecular weight excluding hydrogens is 306 g/mol. The molecule has 0 bridgehead atoms. The lowest BCUT2D eigenvalue weighted by molar-refractivity contribution is 0.899. The number of hydrogen-bond donors (Lipinski definition) is 2. The Morgan fingerprint density at radius 3 is 2.94 bits per heavy atom. The van der Waals surface area contributed by atoms with Gasteiger partial charge in [0.05, 0.1) is 4.47 Å². The molecule has 0 aliphatic heterocycles. The zero-order valence-electron chi connectivity index (χ0n) is 8.77. The number of rotatable bonds is 2. The maximum atomic E-state index is 11.3. The standard InChI is InChI=1S/C9H8BrN5OS/c1-4-2-6(16)14-9(13-4)17-7-5(10)3-12-8(11)15-7/h2-3H,1H3,(H2,11,12,15)(H,13,14,16). The largest absolute Gasteiger partial charge is 0.368 e. The summed E-state index contributed by atoms with van der Waals surface area (Å²) in [6.45, 7) is 1.75. The van der Waals surface area contributed by atoms with E-state index < -0.39 is 0 Å². The number of nitrogens with one attached hydrogen (secondary N) is 1. The van der Waals surface area contributed by atoms with Gasteiger partial charge in [0, 0.05) is 18.0 Å². The summed E-state index contributed by atoms with van der Waals surface area (Å²) in [5.74, 6) is 0.172. The van der Waals surface area contributed by atoms with Gasteiger partial charge in [-0.3, -0.25) is 4.79 Å². The van der Waals surface area contributed by atoms with Gasteiger partial charge in [-0.15, -0.1) is 0 Å². The summed E-state index contributed by atoms with van der Waals surface area (Å²) in [7, 11) is 0. The summed E-state index contributed by atoms with van der Waals surface area (Å²) >= 11 is 4.52. The number of halogens is 1. The Balaban J connectivity index is 2.37. The molecule has 0 aromatic carbocycles. The third kappa shape index (κ3) is 3.04. The van der Waals surface area contributed by atoms with Crippen LogP contribution in [0.15, 0.2) is 31.7 Å². The quantitative estimate of drug-likeness (QED) is 0.642. The highest BCUT2D eigenvalue weighted by Gasteiger charge is 2.08. The number of anilines is 1. The monoisotopic (exact) mass is 313 g/mol. The highest BCUT2D eigenvalue weighted by atomic mass is 79.9. The molecular formula is C9H8BrN5OS. The van der Waals surface area contributed by atoms with E-state index in [4.69, 9.17) is 5.73 Å². The molecule has 0 aliphatic carbocycles. The van der Waals surface area contributed by atoms with Gasteiger partial charge in [-0.25, -0.2) is 15.0 Å². The highest BCUT2D eigenvalue weighted by molar-refractivity contribution is 9.10. The van der Waals surface area contributed by atoms with Crippen LogP contribution in [0, 0.1) is 6.92 Å². The second-order valence-corrected chi connectivity index (χ2v) is 5.01. The molecule has 0 saturated carbocycles. The molecule has 2 rings (SSSR count). The van der Waals surface area contributed by atoms with E-state index in [1.165, 1.54) is 17.8 Å². The topological polar surface area (TPSA) is 97.5 Å². The molecule has 0 fully saturated rings. The molecule has 0 spiro atoms. The van der Waals surface area contributed by atoms with Crippen LogP contribution in [0.3, 0.4) is 0 Å². The maximum Gasteiger partial charge on any atom is 0.251 e. The van der Waals surface area contributed by atoms with Gasteiger partial charge in [-0.2, -0.15) is 0 Å². The summed E-state index contributed by atoms with van der Waals surface area (Å²) in [6.07, 6.45) is 1.55. The van der Waals surface area contributed by atoms with E-state index >= 15 is 0 Å². The Kier molecular flexibility index (Phi) is 3.43. The highest BCUT2D eigenvalue weighted by Crippen LogP contribution is 2.28. The van der Waals surface area contributed by atoms with E-state index in [0.29, 0.717) is 20.3 Å². The van der Waals surface area contributed by atoms with Gasteiger partial charge in [0.2, 0.25) is 5.95 Å². The number of nitrogens with zero attached hydrogens (tertiary/aromatic N) is 3. The zero-order chi connectivity index (χ0) is 12.4. The first-order valence-corrected chi connectivity index (χ1v) is 6.19. The predicted molar refractivity (Wildman–Crippen MR) is 67.9 cm³/mol. The van der Waals surface area contributed by atoms with Crippen LogP contribution in [-0.2, 0) is 0 Å². The number of aromatic nitrogens is 4. The summed E-state index contributed by atoms with van der Waals surface area (Å²) in [5.41, 5.74) is 5.94. The van der Waals surface area contributed by atoms with Crippen LogP contribution in [0.5, 0.6) is 0 Å². The molecule has 0 amide bonds. The summed E-state index contributed by atoms with van der Waals surface area (Å²) in [5, 5.41) is 1.07. The van der Waals surface area contributed by atoms with Crippen LogP contribution in [0.2, 0.25) is 0 Å². The Labute approximate surface area is 109 Å². The van der Waals surface area contributed by atoms with Crippen molar-refractivity contribution < 1.29 is 0 Å². The molecule has 17 heavy (non-hydrogen) atoms. The number of aryl methyl sites for hydroxylation is 1. The molecule has 3 N–H and O–H groups in total. The molecule has 2 heterocycles. The lowest BCUT2D eigenvalue weighted by Crippen LogP contribution is -2.08. The molecule has 0 aliphatic rings. The molecule has 0 radical (unpaired) electrons. The van der Waals surface area contributed by atoms with Crippen LogP contribution >= 0.6 is 27.7 Å². The zero-order valence-corrected chi connectivity index (χ0v) is 11.2. The molecule has 2 aromatic heterocycles. The molecule has 0 atom stereocenters. The van der Waals surface area contributed by atoms with Crippen LogP contribution in [0.1, 0.15) is 5.69 Å². The number of aromatic amines is 1. The maximum absolute atomic E-state index is 11.3. The first-order valence-electron chi connectivity index (χ1n) is 4.58. The van der Waals surface area contributed by atoms with Crippen LogP contribution in [0.25, 0.3) is 0 Å². The molecule has 88 valence electrons. The summed E-state index contributed by atoms with van der Waals surface area (Å²) in [4.78, 5) is 26.0. The molecule has 6 nitrogen and oxygen atoms in total. The first-order chi connectivity index (χ1) is 8.04. The molecule has 2 aromatic rings. The average molecular weight is 314 g/mol. The van der Waals surface area contributed by atoms with E-state index in [1.54, 1.807) is 13.1 Å². The van der Waals surface area contributed by atoms with Crippen LogP contribution in [-0.4, -0.2) is 19.9 Å². The van der Waals surface area contributed by atoms with Gasteiger partial charge in [0.25, 0.3) is 5.56 Å². The van der Waals surface area contributed by atoms with Crippen molar-refractivity contribution in [1.29, 1.82) is 0 Å². The van der Waals surface area contributed by atoms with Gasteiger partial charge in [0.1, 0.15) is 5.03 Å². The van der Waals surface area contributed by atoms with Gasteiger partial charge < -0.3 is 10.7 Å². The third-order valence-electron chi connectivity index (χ3n) is 1.77. The van der Waals surface area contributed by atoms with Crippen molar-refractivity contribution in [2.45, 2.75) is 17.1 Å². The summed E-state index contributed by atoms with van der Waals surface area (Å²) in [6, 6.07) is 1.42. The van der Waals surface area contributed by atoms with E-state index in [1.807, 2.05) is 0 Å². The third-order valence-corrected chi connectivity index (χ3v) is 3.51. The van der Waals surface area contributed by atoms with E-state index in [2.05, 4.69) is 35.9 Å². The van der Waals surface area contributed by atoms with Crippen LogP contribution in [0.4, 0.5) is 5.95 Å². The van der Waals surface area contributed by atoms with E-state index in [-0.39, 0.29) is 11.5 Å². The smallest absolute Gasteiger partial charge is 0.251 e. The van der Waals surface area contributed by atoms with Gasteiger partial charge in [-0.1, -0.05) is 0 Å². The number of nitrogen functional groups attached to an aromatic ring is 1. The Morgan fingerprint density at radius 2 is 2.24 bits per heavy atom. The fraction of sp³-hybridized carbons (Fsp3) is 0.111. The second-order valence-electron chi connectivity index (χ2n) is 3.18. The molecule has 0 unspecified atom stereocenters. The van der Waals surface area contributed by atoms with Gasteiger partial charge in [-0.05, 0) is 34.6 Å². The molecule has 0 saturated heterocycles. The van der Waals surface area contributed by atoms with Gasteiger partial charge in [0.15, 0.2) is 5.16 Å². The van der Waals surface area contributed by atoms with Crippen molar-refractivity contribution in [2.75, 3.05) is 5.73 Å². The lowest BCUT2D eigenvalue weighted by Gasteiger charge is -2.03. The van der Waals surface area contributed by atoms with Crippen LogP contribution < -0.4 is 11.3 Å². The first kappa shape index (κ1) is 12.1. The van der Waals surface area contributed by atoms with Crippen molar-refractivity contribution >= 4 is 33.6 Å². The van der Waals surface area contributed by atoms with Crippen molar-refractivity contribution in [1.82, 2.24) is 19.9 Å². The second kappa shape index (κ2) is 4.84. The fourth-order valence-electron chi connectivity index (χ4n) is 1.13. The van der Waals surface area contributed by atoms with Crippen molar-refractivity contribution in [3.8, 4) is 0 Å². The van der Waals surface area contributed by atoms with Crippen molar-refractivity contribution in [2.24, 2.45) is 0 Å². The number of nitrogens with two attached hydrogens (primary N) is 1. The lowest BCUT2D eigenvalue weighted by atomic mass is 10.5. The number of H-pyrrole nitrogens is 1. The minimum atomic E-state index is -0.196. The Morgan fingerprint density at radius 1 is 1.47 bits per heavy atom. The average Bonchev–Trinajstić information content (AvgIpc) is 2.22. The normalized spacial score (nSPS) is 10.5. The fourth-order valence-corrected chi connectivity index (χ4v) is 2.38. The minimum absolute atomic E-state index is 0.172.